The molecule has 0 unspecified atom stereocenters. The minimum Gasteiger partial charge on any atom is -0.0928 e. The van der Waals surface area contributed by atoms with E-state index in [4.69, 9.17) is 0 Å². The van der Waals surface area contributed by atoms with E-state index in [-0.39, 0.29) is 5.41 Å². The molecule has 0 amide bonds. The average Bonchev–Trinajstić information content (AvgIpc) is 1.30. The lowest BCUT2D eigenvalue weighted by atomic mass is 9.94. The van der Waals surface area contributed by atoms with Crippen LogP contribution in [-0.4, -0.2) is 5.33 Å². The maximum atomic E-state index is 3.93. The summed E-state index contributed by atoms with van der Waals surface area (Å²) < 4.78 is 0. The number of rotatable bonds is 2. The Kier molecular flexibility index (Phi) is 2.89. The van der Waals surface area contributed by atoms with Crippen molar-refractivity contribution in [3.63, 3.8) is 0 Å². The third-order valence-electron chi connectivity index (χ3n) is 0.771. The molecule has 0 bridgehead atoms. The first kappa shape index (κ1) is 7.48. The average molecular weight is 164 g/mol. The summed E-state index contributed by atoms with van der Waals surface area (Å²) in [6.45, 7) is 8.20. The number of hydrogen-bond acceptors (Lipinski definition) is 0. The van der Waals surface area contributed by atoms with Crippen molar-refractivity contribution in [3.8, 4) is 0 Å². The highest BCUT2D eigenvalue weighted by atomic mass is 79.9. The first-order valence-electron chi connectivity index (χ1n) is 2.47. The van der Waals surface area contributed by atoms with E-state index in [0.717, 1.165) is 11.8 Å². The summed E-state index contributed by atoms with van der Waals surface area (Å²) in [5.74, 6) is 0. The zero-order valence-electron chi connectivity index (χ0n) is 5.00. The Bertz CT molecular complexity index is 42.6. The summed E-state index contributed by atoms with van der Waals surface area (Å²) >= 11 is 3.35. The van der Waals surface area contributed by atoms with Crippen molar-refractivity contribution in [2.45, 2.75) is 20.3 Å². The lowest BCUT2D eigenvalue weighted by molar-refractivity contribution is 0.463. The monoisotopic (exact) mass is 163 g/mol. The Hall–Kier alpha value is 0.480. The minimum atomic E-state index is 0.253. The standard InChI is InChI=1S/C6H12Br/c1-6(2,3)4-5-7/h1,4-5H2,2-3H3. The molecule has 0 nitrogen and oxygen atoms in total. The van der Waals surface area contributed by atoms with Gasteiger partial charge in [-0.1, -0.05) is 29.8 Å². The SMILES string of the molecule is [CH2]C(C)(C)CCBr. The van der Waals surface area contributed by atoms with Crippen LogP contribution in [-0.2, 0) is 0 Å². The van der Waals surface area contributed by atoms with Gasteiger partial charge in [0.2, 0.25) is 0 Å². The summed E-state index contributed by atoms with van der Waals surface area (Å²) in [7, 11) is 0. The van der Waals surface area contributed by atoms with Crippen LogP contribution in [0.2, 0.25) is 0 Å². The molecule has 1 heteroatoms. The van der Waals surface area contributed by atoms with Crippen LogP contribution in [0.15, 0.2) is 0 Å². The fraction of sp³-hybridized carbons (Fsp3) is 0.833. The molecule has 0 aromatic carbocycles. The topological polar surface area (TPSA) is 0 Å². The molecule has 0 aliphatic carbocycles. The Morgan fingerprint density at radius 2 is 2.00 bits per heavy atom. The van der Waals surface area contributed by atoms with E-state index in [9.17, 15) is 0 Å². The molecule has 0 saturated heterocycles. The van der Waals surface area contributed by atoms with Crippen LogP contribution in [0, 0.1) is 12.3 Å². The summed E-state index contributed by atoms with van der Waals surface area (Å²) in [6, 6.07) is 0. The zero-order valence-corrected chi connectivity index (χ0v) is 6.59. The quantitative estimate of drug-likeness (QED) is 0.550. The first-order chi connectivity index (χ1) is 3.06. The third kappa shape index (κ3) is 6.48. The summed E-state index contributed by atoms with van der Waals surface area (Å²) in [5, 5.41) is 1.06. The second-order valence-electron chi connectivity index (χ2n) is 2.60. The van der Waals surface area contributed by atoms with Crippen molar-refractivity contribution in [1.29, 1.82) is 0 Å². The van der Waals surface area contributed by atoms with E-state index in [1.807, 2.05) is 0 Å². The van der Waals surface area contributed by atoms with Crippen molar-refractivity contribution in [1.82, 2.24) is 0 Å². The van der Waals surface area contributed by atoms with E-state index in [2.05, 4.69) is 36.7 Å². The molecule has 0 saturated carbocycles. The van der Waals surface area contributed by atoms with E-state index in [1.165, 1.54) is 0 Å². The molecule has 0 aliphatic rings. The van der Waals surface area contributed by atoms with Gasteiger partial charge in [-0.25, -0.2) is 0 Å². The van der Waals surface area contributed by atoms with Gasteiger partial charge in [0.05, 0.1) is 0 Å². The maximum Gasteiger partial charge on any atom is 0.00363 e. The normalized spacial score (nSPS) is 12.0. The molecule has 0 aromatic heterocycles. The van der Waals surface area contributed by atoms with Crippen molar-refractivity contribution in [3.05, 3.63) is 6.92 Å². The Morgan fingerprint density at radius 3 is 2.00 bits per heavy atom. The molecular formula is C6H12Br. The number of halogens is 1. The van der Waals surface area contributed by atoms with E-state index in [1.54, 1.807) is 0 Å². The Morgan fingerprint density at radius 1 is 1.57 bits per heavy atom. The van der Waals surface area contributed by atoms with Gasteiger partial charge < -0.3 is 0 Å². The van der Waals surface area contributed by atoms with Gasteiger partial charge in [-0.05, 0) is 18.8 Å². The predicted octanol–water partition coefficient (Wildman–Crippen LogP) is 2.63. The molecular weight excluding hydrogens is 152 g/mol. The van der Waals surface area contributed by atoms with Crippen LogP contribution in [0.25, 0.3) is 0 Å². The smallest absolute Gasteiger partial charge is 0.00363 e. The van der Waals surface area contributed by atoms with Gasteiger partial charge in [-0.2, -0.15) is 0 Å². The van der Waals surface area contributed by atoms with E-state index >= 15 is 0 Å². The number of hydrogen-bond donors (Lipinski definition) is 0. The Labute approximate surface area is 54.4 Å². The van der Waals surface area contributed by atoms with Gasteiger partial charge in [-0.3, -0.25) is 0 Å². The zero-order chi connectivity index (χ0) is 5.91. The predicted molar refractivity (Wildman–Crippen MR) is 37.5 cm³/mol. The van der Waals surface area contributed by atoms with Crippen molar-refractivity contribution < 1.29 is 0 Å². The fourth-order valence-electron chi connectivity index (χ4n) is 0.256. The van der Waals surface area contributed by atoms with Crippen molar-refractivity contribution in [2.24, 2.45) is 5.41 Å². The fourth-order valence-corrected chi connectivity index (χ4v) is 1.33. The van der Waals surface area contributed by atoms with Crippen LogP contribution in [0.3, 0.4) is 0 Å². The van der Waals surface area contributed by atoms with Crippen LogP contribution in [0.5, 0.6) is 0 Å². The lowest BCUT2D eigenvalue weighted by Crippen LogP contribution is -2.04. The highest BCUT2D eigenvalue weighted by molar-refractivity contribution is 9.09. The maximum absolute atomic E-state index is 3.93. The van der Waals surface area contributed by atoms with Crippen molar-refractivity contribution in [2.75, 3.05) is 5.33 Å². The molecule has 0 fully saturated rings. The van der Waals surface area contributed by atoms with Gasteiger partial charge in [0, 0.05) is 5.33 Å². The van der Waals surface area contributed by atoms with Crippen LogP contribution in [0.4, 0.5) is 0 Å². The molecule has 0 aromatic rings. The van der Waals surface area contributed by atoms with E-state index in [0.29, 0.717) is 0 Å². The van der Waals surface area contributed by atoms with Crippen LogP contribution >= 0.6 is 15.9 Å². The van der Waals surface area contributed by atoms with Gasteiger partial charge in [0.25, 0.3) is 0 Å². The Balaban J connectivity index is 3.15. The molecule has 0 aliphatic heterocycles. The lowest BCUT2D eigenvalue weighted by Gasteiger charge is -2.14. The third-order valence-corrected chi connectivity index (χ3v) is 1.17. The van der Waals surface area contributed by atoms with Crippen molar-refractivity contribution >= 4 is 15.9 Å². The largest absolute Gasteiger partial charge is 0.0928 e. The first-order valence-corrected chi connectivity index (χ1v) is 3.60. The molecule has 43 valence electrons. The van der Waals surface area contributed by atoms with Crippen LogP contribution < -0.4 is 0 Å². The second-order valence-corrected chi connectivity index (χ2v) is 3.40. The molecule has 0 atom stereocenters. The molecule has 1 radical (unpaired) electrons. The molecule has 0 spiro atoms. The minimum absolute atomic E-state index is 0.253. The second kappa shape index (κ2) is 2.71. The highest BCUT2D eigenvalue weighted by Crippen LogP contribution is 2.18. The summed E-state index contributed by atoms with van der Waals surface area (Å²) in [6.07, 6.45) is 1.15. The molecule has 0 heterocycles. The highest BCUT2D eigenvalue weighted by Gasteiger charge is 2.06. The van der Waals surface area contributed by atoms with E-state index < -0.39 is 0 Å². The van der Waals surface area contributed by atoms with Gasteiger partial charge in [0.1, 0.15) is 0 Å². The van der Waals surface area contributed by atoms with Gasteiger partial charge >= 0.3 is 0 Å². The van der Waals surface area contributed by atoms with Gasteiger partial charge in [0.15, 0.2) is 0 Å². The number of alkyl halides is 1. The summed E-state index contributed by atoms with van der Waals surface area (Å²) in [5.41, 5.74) is 0.253. The molecule has 0 rings (SSSR count). The van der Waals surface area contributed by atoms with Gasteiger partial charge in [-0.15, -0.1) is 0 Å². The summed E-state index contributed by atoms with van der Waals surface area (Å²) in [4.78, 5) is 0. The molecule has 7 heavy (non-hydrogen) atoms. The molecule has 0 N–H and O–H groups in total. The van der Waals surface area contributed by atoms with Crippen LogP contribution in [0.1, 0.15) is 20.3 Å².